The summed E-state index contributed by atoms with van der Waals surface area (Å²) in [5.41, 5.74) is 0.681. The zero-order chi connectivity index (χ0) is 19.4. The van der Waals surface area contributed by atoms with Crippen molar-refractivity contribution in [2.24, 2.45) is 0 Å². The summed E-state index contributed by atoms with van der Waals surface area (Å²) in [4.78, 5) is 25.4. The Hall–Kier alpha value is -2.80. The van der Waals surface area contributed by atoms with Gasteiger partial charge in [-0.1, -0.05) is 42.7 Å². The summed E-state index contributed by atoms with van der Waals surface area (Å²) in [5.74, 6) is 1.00. The number of methoxy groups -OCH3 is 2. The molecular formula is C20H22N2O4S. The van der Waals surface area contributed by atoms with Gasteiger partial charge in [-0.15, -0.1) is 0 Å². The Morgan fingerprint density at radius 1 is 1.15 bits per heavy atom. The first-order valence-corrected chi connectivity index (χ1v) is 9.46. The lowest BCUT2D eigenvalue weighted by molar-refractivity contribution is -0.124. The van der Waals surface area contributed by atoms with Crippen molar-refractivity contribution in [1.29, 1.82) is 0 Å². The van der Waals surface area contributed by atoms with Crippen LogP contribution in [-0.2, 0) is 11.3 Å². The Morgan fingerprint density at radius 3 is 2.59 bits per heavy atom. The van der Waals surface area contributed by atoms with Gasteiger partial charge in [0.15, 0.2) is 11.5 Å². The second-order valence-electron chi connectivity index (χ2n) is 6.01. The van der Waals surface area contributed by atoms with Crippen molar-refractivity contribution >= 4 is 27.5 Å². The molecule has 1 amide bonds. The van der Waals surface area contributed by atoms with Gasteiger partial charge in [-0.2, -0.15) is 0 Å². The predicted molar refractivity (Wildman–Crippen MR) is 107 cm³/mol. The number of nitrogens with one attached hydrogen (secondary N) is 1. The quantitative estimate of drug-likeness (QED) is 0.676. The van der Waals surface area contributed by atoms with E-state index in [9.17, 15) is 9.59 Å². The molecule has 0 saturated heterocycles. The number of benzene rings is 2. The Kier molecular flexibility index (Phi) is 5.81. The highest BCUT2D eigenvalue weighted by Crippen LogP contribution is 2.30. The molecule has 27 heavy (non-hydrogen) atoms. The van der Waals surface area contributed by atoms with Gasteiger partial charge in [0.25, 0.3) is 5.56 Å². The first-order valence-electron chi connectivity index (χ1n) is 8.68. The van der Waals surface area contributed by atoms with Gasteiger partial charge in [-0.3, -0.25) is 13.5 Å². The lowest BCUT2D eigenvalue weighted by Crippen LogP contribution is -2.34. The fourth-order valence-electron chi connectivity index (χ4n) is 3.04. The number of hydrogen-bond acceptors (Lipinski definition) is 5. The van der Waals surface area contributed by atoms with E-state index in [4.69, 9.17) is 9.47 Å². The van der Waals surface area contributed by atoms with Crippen LogP contribution in [0.4, 0.5) is 0 Å². The number of ether oxygens (including phenoxy) is 2. The summed E-state index contributed by atoms with van der Waals surface area (Å²) < 4.78 is 13.1. The van der Waals surface area contributed by atoms with Crippen LogP contribution in [0.1, 0.15) is 24.9 Å². The standard InChI is InChI=1S/C20H22N2O4S/c1-4-15(22-20(24)14-9-5-6-11-17(14)27-22)19(23)21-12-13-8-7-10-16(25-2)18(13)26-3/h5-11,15H,4,12H2,1-3H3,(H,21,23). The van der Waals surface area contributed by atoms with Gasteiger partial charge in [0.1, 0.15) is 6.04 Å². The zero-order valence-electron chi connectivity index (χ0n) is 15.5. The van der Waals surface area contributed by atoms with Crippen molar-refractivity contribution in [3.8, 4) is 11.5 Å². The van der Waals surface area contributed by atoms with Crippen LogP contribution in [0.25, 0.3) is 10.1 Å². The monoisotopic (exact) mass is 386 g/mol. The van der Waals surface area contributed by atoms with Crippen LogP contribution in [-0.4, -0.2) is 24.1 Å². The summed E-state index contributed by atoms with van der Waals surface area (Å²) in [7, 11) is 3.13. The maximum Gasteiger partial charge on any atom is 0.269 e. The molecule has 0 saturated carbocycles. The van der Waals surface area contributed by atoms with Crippen LogP contribution in [0.15, 0.2) is 47.3 Å². The molecule has 0 bridgehead atoms. The van der Waals surface area contributed by atoms with Crippen molar-refractivity contribution in [2.45, 2.75) is 25.9 Å². The number of carbonyl (C=O) groups is 1. The Labute approximate surface area is 161 Å². The molecule has 0 aliphatic rings. The minimum Gasteiger partial charge on any atom is -0.493 e. The van der Waals surface area contributed by atoms with Crippen molar-refractivity contribution in [3.05, 3.63) is 58.4 Å². The molecule has 6 nitrogen and oxygen atoms in total. The van der Waals surface area contributed by atoms with E-state index in [0.29, 0.717) is 23.3 Å². The van der Waals surface area contributed by atoms with E-state index in [1.54, 1.807) is 30.3 Å². The minimum atomic E-state index is -0.550. The van der Waals surface area contributed by atoms with E-state index in [1.807, 2.05) is 37.3 Å². The SMILES string of the molecule is CCC(C(=O)NCc1cccc(OC)c1OC)n1sc2ccccc2c1=O. The highest BCUT2D eigenvalue weighted by molar-refractivity contribution is 7.14. The van der Waals surface area contributed by atoms with Gasteiger partial charge in [-0.25, -0.2) is 0 Å². The molecule has 3 aromatic rings. The second kappa shape index (κ2) is 8.26. The smallest absolute Gasteiger partial charge is 0.269 e. The van der Waals surface area contributed by atoms with E-state index in [0.717, 1.165) is 10.3 Å². The Balaban J connectivity index is 1.82. The van der Waals surface area contributed by atoms with Crippen molar-refractivity contribution in [1.82, 2.24) is 9.27 Å². The third kappa shape index (κ3) is 3.68. The van der Waals surface area contributed by atoms with Crippen LogP contribution in [0.5, 0.6) is 11.5 Å². The van der Waals surface area contributed by atoms with Gasteiger partial charge >= 0.3 is 0 Å². The summed E-state index contributed by atoms with van der Waals surface area (Å²) in [6, 6.07) is 12.4. The van der Waals surface area contributed by atoms with E-state index in [2.05, 4.69) is 5.32 Å². The summed E-state index contributed by atoms with van der Waals surface area (Å²) in [6.07, 6.45) is 0.522. The number of hydrogen-bond donors (Lipinski definition) is 1. The topological polar surface area (TPSA) is 69.6 Å². The van der Waals surface area contributed by atoms with Gasteiger partial charge in [-0.05, 0) is 24.6 Å². The summed E-state index contributed by atoms with van der Waals surface area (Å²) in [6.45, 7) is 2.18. The van der Waals surface area contributed by atoms with Crippen LogP contribution in [0.3, 0.4) is 0 Å². The fraction of sp³-hybridized carbons (Fsp3) is 0.300. The largest absolute Gasteiger partial charge is 0.493 e. The van der Waals surface area contributed by atoms with Gasteiger partial charge in [0.2, 0.25) is 5.91 Å². The zero-order valence-corrected chi connectivity index (χ0v) is 16.3. The maximum atomic E-state index is 12.8. The van der Waals surface area contributed by atoms with Crippen molar-refractivity contribution < 1.29 is 14.3 Å². The molecule has 0 spiro atoms. The predicted octanol–water partition coefficient (Wildman–Crippen LogP) is 3.35. The molecule has 1 atom stereocenters. The average molecular weight is 386 g/mol. The second-order valence-corrected chi connectivity index (χ2v) is 7.03. The first-order chi connectivity index (χ1) is 13.1. The van der Waals surface area contributed by atoms with E-state index in [-0.39, 0.29) is 18.0 Å². The van der Waals surface area contributed by atoms with Crippen molar-refractivity contribution in [3.63, 3.8) is 0 Å². The number of para-hydroxylation sites is 1. The molecule has 1 N–H and O–H groups in total. The molecule has 2 aromatic carbocycles. The number of rotatable bonds is 7. The lowest BCUT2D eigenvalue weighted by atomic mass is 10.1. The Bertz CT molecular complexity index is 1010. The summed E-state index contributed by atoms with van der Waals surface area (Å²) in [5, 5.41) is 3.56. The maximum absolute atomic E-state index is 12.8. The van der Waals surface area contributed by atoms with Gasteiger partial charge in [0, 0.05) is 12.1 Å². The third-order valence-corrected chi connectivity index (χ3v) is 5.59. The highest BCUT2D eigenvalue weighted by Gasteiger charge is 2.23. The molecule has 0 aliphatic carbocycles. The molecule has 7 heteroatoms. The number of fused-ring (bicyclic) bond motifs is 1. The van der Waals surface area contributed by atoms with Crippen LogP contribution < -0.4 is 20.3 Å². The van der Waals surface area contributed by atoms with Crippen LogP contribution in [0.2, 0.25) is 0 Å². The normalized spacial score (nSPS) is 12.0. The lowest BCUT2D eigenvalue weighted by Gasteiger charge is -2.17. The van der Waals surface area contributed by atoms with Crippen molar-refractivity contribution in [2.75, 3.05) is 14.2 Å². The molecule has 0 aliphatic heterocycles. The molecule has 1 unspecified atom stereocenters. The van der Waals surface area contributed by atoms with E-state index >= 15 is 0 Å². The highest BCUT2D eigenvalue weighted by atomic mass is 32.1. The number of amides is 1. The minimum absolute atomic E-state index is 0.128. The van der Waals surface area contributed by atoms with Crippen LogP contribution in [0, 0.1) is 0 Å². The van der Waals surface area contributed by atoms with Crippen LogP contribution >= 0.6 is 11.5 Å². The molecule has 142 valence electrons. The molecular weight excluding hydrogens is 364 g/mol. The van der Waals surface area contributed by atoms with Gasteiger partial charge in [0.05, 0.1) is 24.3 Å². The van der Waals surface area contributed by atoms with E-state index in [1.165, 1.54) is 11.5 Å². The number of carbonyl (C=O) groups excluding carboxylic acids is 1. The van der Waals surface area contributed by atoms with Gasteiger partial charge < -0.3 is 14.8 Å². The Morgan fingerprint density at radius 2 is 1.93 bits per heavy atom. The molecule has 0 radical (unpaired) electrons. The van der Waals surface area contributed by atoms with E-state index < -0.39 is 6.04 Å². The summed E-state index contributed by atoms with van der Waals surface area (Å²) >= 11 is 1.32. The molecule has 3 rings (SSSR count). The number of aromatic nitrogens is 1. The fourth-order valence-corrected chi connectivity index (χ4v) is 4.20. The third-order valence-electron chi connectivity index (χ3n) is 4.42. The average Bonchev–Trinajstić information content (AvgIpc) is 3.03. The molecule has 1 aromatic heterocycles. The molecule has 0 fully saturated rings. The first kappa shape index (κ1) is 19.0. The number of nitrogens with zero attached hydrogens (tertiary/aromatic N) is 1. The molecule has 1 heterocycles.